The molecular formula is C16H26N2O. The Bertz CT molecular complexity index is 399. The second-order valence-corrected chi connectivity index (χ2v) is 5.66. The molecule has 1 aromatic rings. The number of methoxy groups -OCH3 is 1. The van der Waals surface area contributed by atoms with Crippen molar-refractivity contribution in [3.8, 4) is 5.75 Å². The van der Waals surface area contributed by atoms with Crippen molar-refractivity contribution in [3.05, 3.63) is 29.8 Å². The summed E-state index contributed by atoms with van der Waals surface area (Å²) in [5, 5.41) is 0. The van der Waals surface area contributed by atoms with Gasteiger partial charge < -0.3 is 10.5 Å². The molecule has 106 valence electrons. The minimum Gasteiger partial charge on any atom is -0.496 e. The Morgan fingerprint density at radius 3 is 2.53 bits per heavy atom. The fraction of sp³-hybridized carbons (Fsp3) is 0.625. The first kappa shape index (κ1) is 14.4. The van der Waals surface area contributed by atoms with E-state index < -0.39 is 0 Å². The number of hydrogen-bond acceptors (Lipinski definition) is 3. The molecule has 0 atom stereocenters. The van der Waals surface area contributed by atoms with Crippen LogP contribution in [0.15, 0.2) is 24.3 Å². The van der Waals surface area contributed by atoms with Crippen molar-refractivity contribution in [2.45, 2.75) is 44.2 Å². The lowest BCUT2D eigenvalue weighted by Crippen LogP contribution is -2.52. The van der Waals surface area contributed by atoms with E-state index in [2.05, 4.69) is 24.1 Å². The van der Waals surface area contributed by atoms with Crippen LogP contribution in [-0.4, -0.2) is 31.1 Å². The SMILES string of the molecule is COc1ccccc1CN(C)C1(CN)CCCCC1. The third-order valence-electron chi connectivity index (χ3n) is 4.57. The molecule has 0 spiro atoms. The van der Waals surface area contributed by atoms with Crippen LogP contribution in [-0.2, 0) is 6.54 Å². The molecule has 1 aliphatic rings. The second kappa shape index (κ2) is 6.40. The number of likely N-dealkylation sites (N-methyl/N-ethyl adjacent to an activating group) is 1. The summed E-state index contributed by atoms with van der Waals surface area (Å²) < 4.78 is 5.44. The molecule has 1 aromatic carbocycles. The van der Waals surface area contributed by atoms with E-state index in [1.54, 1.807) is 7.11 Å². The quantitative estimate of drug-likeness (QED) is 0.887. The number of nitrogens with two attached hydrogens (primary N) is 1. The topological polar surface area (TPSA) is 38.5 Å². The van der Waals surface area contributed by atoms with Crippen molar-refractivity contribution in [2.24, 2.45) is 5.73 Å². The molecule has 0 saturated heterocycles. The largest absolute Gasteiger partial charge is 0.496 e. The summed E-state index contributed by atoms with van der Waals surface area (Å²) in [4.78, 5) is 2.43. The predicted molar refractivity (Wildman–Crippen MR) is 79.3 cm³/mol. The summed E-state index contributed by atoms with van der Waals surface area (Å²) in [6, 6.07) is 8.25. The van der Waals surface area contributed by atoms with Crippen LogP contribution in [0.3, 0.4) is 0 Å². The first-order chi connectivity index (χ1) is 9.22. The van der Waals surface area contributed by atoms with Gasteiger partial charge in [0.1, 0.15) is 5.75 Å². The highest BCUT2D eigenvalue weighted by Gasteiger charge is 2.34. The first-order valence-electron chi connectivity index (χ1n) is 7.25. The Hall–Kier alpha value is -1.06. The summed E-state index contributed by atoms with van der Waals surface area (Å²) >= 11 is 0. The Morgan fingerprint density at radius 2 is 1.89 bits per heavy atom. The maximum absolute atomic E-state index is 6.09. The standard InChI is InChI=1S/C16H26N2O/c1-18(16(13-17)10-6-3-7-11-16)12-14-8-4-5-9-15(14)19-2/h4-5,8-9H,3,6-7,10-13,17H2,1-2H3. The van der Waals surface area contributed by atoms with Gasteiger partial charge in [0, 0.05) is 24.2 Å². The lowest BCUT2D eigenvalue weighted by atomic mass is 9.80. The number of para-hydroxylation sites is 1. The normalized spacial score (nSPS) is 18.5. The molecule has 19 heavy (non-hydrogen) atoms. The smallest absolute Gasteiger partial charge is 0.123 e. The molecule has 3 heteroatoms. The van der Waals surface area contributed by atoms with E-state index in [4.69, 9.17) is 10.5 Å². The zero-order valence-corrected chi connectivity index (χ0v) is 12.2. The minimum absolute atomic E-state index is 0.180. The Morgan fingerprint density at radius 1 is 1.21 bits per heavy atom. The molecule has 0 bridgehead atoms. The Balaban J connectivity index is 2.12. The molecule has 1 fully saturated rings. The van der Waals surface area contributed by atoms with Crippen LogP contribution in [0.1, 0.15) is 37.7 Å². The average Bonchev–Trinajstić information content (AvgIpc) is 2.48. The highest BCUT2D eigenvalue weighted by Crippen LogP contribution is 2.33. The Kier molecular flexibility index (Phi) is 4.83. The fourth-order valence-corrected chi connectivity index (χ4v) is 3.21. The van der Waals surface area contributed by atoms with E-state index in [1.165, 1.54) is 37.7 Å². The van der Waals surface area contributed by atoms with Crippen LogP contribution in [0.2, 0.25) is 0 Å². The van der Waals surface area contributed by atoms with E-state index in [0.29, 0.717) is 0 Å². The molecule has 0 unspecified atom stereocenters. The Labute approximate surface area is 116 Å². The maximum Gasteiger partial charge on any atom is 0.123 e. The highest BCUT2D eigenvalue weighted by molar-refractivity contribution is 5.33. The zero-order valence-electron chi connectivity index (χ0n) is 12.2. The lowest BCUT2D eigenvalue weighted by Gasteiger charge is -2.44. The number of ether oxygens (including phenoxy) is 1. The van der Waals surface area contributed by atoms with Crippen molar-refractivity contribution in [2.75, 3.05) is 20.7 Å². The van der Waals surface area contributed by atoms with Gasteiger partial charge in [0.05, 0.1) is 7.11 Å². The molecule has 2 rings (SSSR count). The molecule has 3 nitrogen and oxygen atoms in total. The molecule has 0 radical (unpaired) electrons. The van der Waals surface area contributed by atoms with Gasteiger partial charge >= 0.3 is 0 Å². The predicted octanol–water partition coefficient (Wildman–Crippen LogP) is 2.79. The number of nitrogens with zero attached hydrogens (tertiary/aromatic N) is 1. The highest BCUT2D eigenvalue weighted by atomic mass is 16.5. The summed E-state index contributed by atoms with van der Waals surface area (Å²) in [6.45, 7) is 1.65. The summed E-state index contributed by atoms with van der Waals surface area (Å²) in [7, 11) is 3.93. The van der Waals surface area contributed by atoms with E-state index >= 15 is 0 Å². The summed E-state index contributed by atoms with van der Waals surface area (Å²) in [6.07, 6.45) is 6.38. The van der Waals surface area contributed by atoms with Crippen molar-refractivity contribution in [1.82, 2.24) is 4.90 Å². The van der Waals surface area contributed by atoms with E-state index in [1.807, 2.05) is 12.1 Å². The van der Waals surface area contributed by atoms with Crippen LogP contribution in [0, 0.1) is 0 Å². The van der Waals surface area contributed by atoms with Crippen LogP contribution >= 0.6 is 0 Å². The first-order valence-corrected chi connectivity index (χ1v) is 7.25. The molecule has 0 amide bonds. The van der Waals surface area contributed by atoms with Gasteiger partial charge in [0.15, 0.2) is 0 Å². The molecule has 0 aliphatic heterocycles. The molecule has 2 N–H and O–H groups in total. The third-order valence-corrected chi connectivity index (χ3v) is 4.57. The van der Waals surface area contributed by atoms with Crippen molar-refractivity contribution >= 4 is 0 Å². The molecule has 0 aromatic heterocycles. The molecule has 1 aliphatic carbocycles. The van der Waals surface area contributed by atoms with E-state index in [9.17, 15) is 0 Å². The number of rotatable bonds is 5. The third kappa shape index (κ3) is 3.10. The van der Waals surface area contributed by atoms with Crippen LogP contribution in [0.5, 0.6) is 5.75 Å². The second-order valence-electron chi connectivity index (χ2n) is 5.66. The van der Waals surface area contributed by atoms with Crippen molar-refractivity contribution in [3.63, 3.8) is 0 Å². The molecule has 1 saturated carbocycles. The molecule has 0 heterocycles. The van der Waals surface area contributed by atoms with Crippen LogP contribution < -0.4 is 10.5 Å². The lowest BCUT2D eigenvalue weighted by molar-refractivity contribution is 0.0751. The molecular weight excluding hydrogens is 236 g/mol. The number of hydrogen-bond donors (Lipinski definition) is 1. The van der Waals surface area contributed by atoms with Crippen molar-refractivity contribution in [1.29, 1.82) is 0 Å². The number of benzene rings is 1. The van der Waals surface area contributed by atoms with Gasteiger partial charge in [-0.25, -0.2) is 0 Å². The van der Waals surface area contributed by atoms with Gasteiger partial charge in [-0.2, -0.15) is 0 Å². The van der Waals surface area contributed by atoms with Gasteiger partial charge in [-0.1, -0.05) is 37.5 Å². The van der Waals surface area contributed by atoms with Gasteiger partial charge in [-0.3, -0.25) is 4.90 Å². The summed E-state index contributed by atoms with van der Waals surface area (Å²) in [5.41, 5.74) is 7.51. The monoisotopic (exact) mass is 262 g/mol. The van der Waals surface area contributed by atoms with Crippen molar-refractivity contribution < 1.29 is 4.74 Å². The maximum atomic E-state index is 6.09. The van der Waals surface area contributed by atoms with Crippen LogP contribution in [0.25, 0.3) is 0 Å². The average molecular weight is 262 g/mol. The minimum atomic E-state index is 0.180. The van der Waals surface area contributed by atoms with Gasteiger partial charge in [-0.05, 0) is 26.0 Å². The van der Waals surface area contributed by atoms with E-state index in [0.717, 1.165) is 18.8 Å². The zero-order chi connectivity index (χ0) is 13.7. The van der Waals surface area contributed by atoms with Crippen LogP contribution in [0.4, 0.5) is 0 Å². The van der Waals surface area contributed by atoms with Gasteiger partial charge in [0.2, 0.25) is 0 Å². The van der Waals surface area contributed by atoms with Gasteiger partial charge in [0.25, 0.3) is 0 Å². The fourth-order valence-electron chi connectivity index (χ4n) is 3.21. The van der Waals surface area contributed by atoms with Gasteiger partial charge in [-0.15, -0.1) is 0 Å². The summed E-state index contributed by atoms with van der Waals surface area (Å²) in [5.74, 6) is 0.970. The van der Waals surface area contributed by atoms with E-state index in [-0.39, 0.29) is 5.54 Å².